The van der Waals surface area contributed by atoms with E-state index in [1.165, 1.54) is 0 Å². The lowest BCUT2D eigenvalue weighted by Gasteiger charge is -2.26. The zero-order chi connectivity index (χ0) is 19.1. The van der Waals surface area contributed by atoms with E-state index in [1.807, 2.05) is 42.2 Å². The van der Waals surface area contributed by atoms with Crippen molar-refractivity contribution in [1.82, 2.24) is 4.90 Å². The van der Waals surface area contributed by atoms with E-state index in [1.54, 1.807) is 17.9 Å². The van der Waals surface area contributed by atoms with Crippen LogP contribution in [0.15, 0.2) is 53.5 Å². The zero-order valence-corrected chi connectivity index (χ0v) is 17.1. The Kier molecular flexibility index (Phi) is 7.64. The van der Waals surface area contributed by atoms with Crippen molar-refractivity contribution >= 4 is 33.4 Å². The molecule has 140 valence electrons. The van der Waals surface area contributed by atoms with Crippen LogP contribution in [0.2, 0.25) is 0 Å². The Hall–Kier alpha value is -1.88. The van der Waals surface area contributed by atoms with Crippen LogP contribution in [-0.4, -0.2) is 35.8 Å². The number of nitrogens with zero attached hydrogens (tertiary/aromatic N) is 2. The molecule has 0 radical (unpaired) electrons. The highest BCUT2D eigenvalue weighted by atomic mass is 79.9. The molecule has 1 aromatic rings. The van der Waals surface area contributed by atoms with Crippen molar-refractivity contribution in [2.24, 2.45) is 5.92 Å². The summed E-state index contributed by atoms with van der Waals surface area (Å²) in [7, 11) is 0. The second-order valence-electron chi connectivity index (χ2n) is 6.68. The molecule has 5 heteroatoms. The van der Waals surface area contributed by atoms with Crippen LogP contribution in [0.3, 0.4) is 0 Å². The zero-order valence-electron chi connectivity index (χ0n) is 15.5. The van der Waals surface area contributed by atoms with E-state index in [0.29, 0.717) is 13.0 Å². The van der Waals surface area contributed by atoms with E-state index >= 15 is 0 Å². The van der Waals surface area contributed by atoms with E-state index in [-0.39, 0.29) is 23.8 Å². The smallest absolute Gasteiger partial charge is 0.226 e. The molecule has 1 fully saturated rings. The number of allylic oxidation sites excluding steroid dienone is 1. The molecule has 0 N–H and O–H groups in total. The second-order valence-corrected chi connectivity index (χ2v) is 7.53. The Bertz CT molecular complexity index is 686. The van der Waals surface area contributed by atoms with Crippen LogP contribution in [0.4, 0.5) is 5.69 Å². The fraction of sp³-hybridized carbons (Fsp3) is 0.429. The van der Waals surface area contributed by atoms with Crippen molar-refractivity contribution in [2.45, 2.75) is 39.2 Å². The number of carbonyl (C=O) groups excluding carboxylic acids is 2. The van der Waals surface area contributed by atoms with Crippen LogP contribution in [0.25, 0.3) is 0 Å². The van der Waals surface area contributed by atoms with Gasteiger partial charge in [0.1, 0.15) is 0 Å². The van der Waals surface area contributed by atoms with E-state index < -0.39 is 0 Å². The predicted octanol–water partition coefficient (Wildman–Crippen LogP) is 4.56. The molecule has 26 heavy (non-hydrogen) atoms. The van der Waals surface area contributed by atoms with Crippen LogP contribution in [0.5, 0.6) is 0 Å². The van der Waals surface area contributed by atoms with E-state index in [9.17, 15) is 9.59 Å². The van der Waals surface area contributed by atoms with Gasteiger partial charge in [-0.1, -0.05) is 37.3 Å². The van der Waals surface area contributed by atoms with E-state index in [0.717, 1.165) is 29.5 Å². The Balaban J connectivity index is 2.05. The number of hydrogen-bond acceptors (Lipinski definition) is 2. The molecule has 2 atom stereocenters. The summed E-state index contributed by atoms with van der Waals surface area (Å²) in [6, 6.07) is 7.80. The highest BCUT2D eigenvalue weighted by Gasteiger charge is 2.29. The molecule has 1 aliphatic rings. The van der Waals surface area contributed by atoms with Crippen molar-refractivity contribution < 1.29 is 9.59 Å². The number of anilines is 1. The monoisotopic (exact) mass is 418 g/mol. The standard InChI is InChI=1S/C21H27BrN2O2/c1-4-9-16(2)21(26)24-15-8-11-18(24)10-7-14-23(17(3)25)20-13-6-5-12-19(20)22/h4-7,10,12-13,16,18H,1,8-9,11,14-15H2,2-3H3/b10-7+/t16-,18+/m0/s1. The third-order valence-electron chi connectivity index (χ3n) is 4.69. The number of carbonyl (C=O) groups is 2. The van der Waals surface area contributed by atoms with Gasteiger partial charge in [-0.3, -0.25) is 9.59 Å². The minimum atomic E-state index is -0.0320. The average molecular weight is 419 g/mol. The van der Waals surface area contributed by atoms with Gasteiger partial charge in [-0.2, -0.15) is 0 Å². The first-order chi connectivity index (χ1) is 12.5. The van der Waals surface area contributed by atoms with E-state index in [4.69, 9.17) is 0 Å². The lowest BCUT2D eigenvalue weighted by molar-refractivity contribution is -0.135. The lowest BCUT2D eigenvalue weighted by atomic mass is 10.1. The molecule has 2 rings (SSSR count). The number of rotatable bonds is 7. The maximum Gasteiger partial charge on any atom is 0.226 e. The Morgan fingerprint density at radius 3 is 2.81 bits per heavy atom. The van der Waals surface area contributed by atoms with Crippen molar-refractivity contribution in [3.63, 3.8) is 0 Å². The minimum absolute atomic E-state index is 0.0134. The lowest BCUT2D eigenvalue weighted by Crippen LogP contribution is -2.38. The van der Waals surface area contributed by atoms with Gasteiger partial charge in [0, 0.05) is 30.4 Å². The Morgan fingerprint density at radius 2 is 2.15 bits per heavy atom. The Morgan fingerprint density at radius 1 is 1.42 bits per heavy atom. The number of amides is 2. The van der Waals surface area contributed by atoms with Crippen molar-refractivity contribution in [1.29, 1.82) is 0 Å². The summed E-state index contributed by atoms with van der Waals surface area (Å²) in [4.78, 5) is 28.3. The van der Waals surface area contributed by atoms with Gasteiger partial charge in [-0.15, -0.1) is 6.58 Å². The summed E-state index contributed by atoms with van der Waals surface area (Å²) < 4.78 is 0.888. The molecule has 0 saturated carbocycles. The fourth-order valence-electron chi connectivity index (χ4n) is 3.29. The van der Waals surface area contributed by atoms with Crippen molar-refractivity contribution in [3.05, 3.63) is 53.5 Å². The third-order valence-corrected chi connectivity index (χ3v) is 5.36. The molecular weight excluding hydrogens is 392 g/mol. The summed E-state index contributed by atoms with van der Waals surface area (Å²) in [6.07, 6.45) is 8.55. The SMILES string of the molecule is C=CC[C@H](C)C(=O)N1CCC[C@H]1/C=C/CN(C(C)=O)c1ccccc1Br. The topological polar surface area (TPSA) is 40.6 Å². The van der Waals surface area contributed by atoms with Crippen molar-refractivity contribution in [2.75, 3.05) is 18.0 Å². The first-order valence-electron chi connectivity index (χ1n) is 9.06. The summed E-state index contributed by atoms with van der Waals surface area (Å²) >= 11 is 3.50. The number of para-hydroxylation sites is 1. The summed E-state index contributed by atoms with van der Waals surface area (Å²) in [6.45, 7) is 8.53. The van der Waals surface area contributed by atoms with Gasteiger partial charge < -0.3 is 9.80 Å². The maximum atomic E-state index is 12.6. The number of hydrogen-bond donors (Lipinski definition) is 0. The van der Waals surface area contributed by atoms with Gasteiger partial charge in [-0.05, 0) is 47.3 Å². The summed E-state index contributed by atoms with van der Waals surface area (Å²) in [5.41, 5.74) is 0.851. The quantitative estimate of drug-likeness (QED) is 0.608. The molecule has 0 aromatic heterocycles. The first-order valence-corrected chi connectivity index (χ1v) is 9.85. The van der Waals surface area contributed by atoms with Gasteiger partial charge in [0.05, 0.1) is 11.7 Å². The average Bonchev–Trinajstić information content (AvgIpc) is 3.07. The fourth-order valence-corrected chi connectivity index (χ4v) is 3.79. The highest BCUT2D eigenvalue weighted by Crippen LogP contribution is 2.26. The molecule has 0 aliphatic carbocycles. The van der Waals surface area contributed by atoms with Crippen LogP contribution >= 0.6 is 15.9 Å². The molecule has 0 unspecified atom stereocenters. The van der Waals surface area contributed by atoms with Gasteiger partial charge in [0.15, 0.2) is 0 Å². The highest BCUT2D eigenvalue weighted by molar-refractivity contribution is 9.10. The largest absolute Gasteiger partial charge is 0.336 e. The molecule has 1 heterocycles. The van der Waals surface area contributed by atoms with Crippen LogP contribution in [-0.2, 0) is 9.59 Å². The molecular formula is C21H27BrN2O2. The number of likely N-dealkylation sites (tertiary alicyclic amines) is 1. The molecule has 0 spiro atoms. The first kappa shape index (κ1) is 20.4. The van der Waals surface area contributed by atoms with Crippen LogP contribution in [0, 0.1) is 5.92 Å². The van der Waals surface area contributed by atoms with Crippen LogP contribution in [0.1, 0.15) is 33.1 Å². The molecule has 4 nitrogen and oxygen atoms in total. The van der Waals surface area contributed by atoms with Gasteiger partial charge in [0.2, 0.25) is 11.8 Å². The summed E-state index contributed by atoms with van der Waals surface area (Å²) in [5.74, 6) is 0.141. The number of benzene rings is 1. The molecule has 1 aromatic carbocycles. The third kappa shape index (κ3) is 5.07. The maximum absolute atomic E-state index is 12.6. The van der Waals surface area contributed by atoms with Crippen LogP contribution < -0.4 is 4.90 Å². The van der Waals surface area contributed by atoms with Gasteiger partial charge in [-0.25, -0.2) is 0 Å². The molecule has 1 saturated heterocycles. The van der Waals surface area contributed by atoms with Crippen molar-refractivity contribution in [3.8, 4) is 0 Å². The molecule has 1 aliphatic heterocycles. The van der Waals surface area contributed by atoms with Gasteiger partial charge >= 0.3 is 0 Å². The van der Waals surface area contributed by atoms with E-state index in [2.05, 4.69) is 28.6 Å². The van der Waals surface area contributed by atoms with Gasteiger partial charge in [0.25, 0.3) is 0 Å². The molecule has 2 amide bonds. The number of halogens is 1. The molecule has 0 bridgehead atoms. The normalized spacial score (nSPS) is 18.1. The second kappa shape index (κ2) is 9.72. The Labute approximate surface area is 164 Å². The minimum Gasteiger partial charge on any atom is -0.336 e. The summed E-state index contributed by atoms with van der Waals surface area (Å²) in [5, 5.41) is 0. The predicted molar refractivity (Wildman–Crippen MR) is 110 cm³/mol.